The van der Waals surface area contributed by atoms with E-state index in [4.69, 9.17) is 27.8 Å². The molecule has 0 aromatic carbocycles. The van der Waals surface area contributed by atoms with E-state index in [1.807, 2.05) is 0 Å². The minimum absolute atomic E-state index is 0.259. The molecular weight excluding hydrogens is 241 g/mol. The Balaban J connectivity index is 2.51. The van der Waals surface area contributed by atoms with E-state index in [0.717, 1.165) is 0 Å². The molecule has 19 heavy (non-hydrogen) atoms. The van der Waals surface area contributed by atoms with E-state index in [9.17, 15) is 0 Å². The predicted molar refractivity (Wildman–Crippen MR) is 75.7 cm³/mol. The monoisotopic (exact) mass is 273 g/mol. The Kier molecular flexibility index (Phi) is 1.66. The van der Waals surface area contributed by atoms with Crippen LogP contribution < -0.4 is 10.3 Å². The van der Waals surface area contributed by atoms with Crippen molar-refractivity contribution in [3.05, 3.63) is 18.1 Å². The van der Waals surface area contributed by atoms with Gasteiger partial charge in [-0.1, -0.05) is 12.9 Å². The van der Waals surface area contributed by atoms with Gasteiger partial charge in [-0.15, -0.1) is 0 Å². The summed E-state index contributed by atoms with van der Waals surface area (Å²) in [5, 5.41) is 0. The first-order valence-corrected chi connectivity index (χ1v) is 5.77. The molecule has 0 unspecified atom stereocenters. The second-order valence-electron chi connectivity index (χ2n) is 5.09. The molecule has 0 bridgehead atoms. The van der Waals surface area contributed by atoms with Crippen LogP contribution >= 0.6 is 0 Å². The largest absolute Gasteiger partial charge is 0.514 e. The normalized spacial score (nSPS) is 30.4. The molecule has 2 heterocycles. The Hall–Kier alpha value is -1.07. The quantitative estimate of drug-likeness (QED) is 0.788. The zero-order chi connectivity index (χ0) is 22.8. The summed E-state index contributed by atoms with van der Waals surface area (Å²) in [4.78, 5) is 3.87. The van der Waals surface area contributed by atoms with Crippen molar-refractivity contribution in [1.82, 2.24) is 4.98 Å². The molecule has 0 spiro atoms. The number of hydrogen-bond donors (Lipinski definition) is 0. The SMILES string of the molecule is [2H]c1c(OC([2H])([2H])C([2H])([2H])C([2H])([2H])[2H])nc(B2OC(C)(C)C(C)(C)O2)c([2H])c1[2H]. The number of nitrogens with zero attached hydrogens (tertiary/aromatic N) is 1. The van der Waals surface area contributed by atoms with Crippen LogP contribution in [0, 0.1) is 0 Å². The molecule has 1 saturated heterocycles. The summed E-state index contributed by atoms with van der Waals surface area (Å²) in [5.74, 6) is -0.839. The van der Waals surface area contributed by atoms with Crippen molar-refractivity contribution in [2.75, 3.05) is 6.56 Å². The highest BCUT2D eigenvalue weighted by molar-refractivity contribution is 6.61. The maximum Gasteiger partial charge on any atom is 0.514 e. The molecule has 1 aromatic rings. The zero-order valence-corrected chi connectivity index (χ0v) is 11.2. The Labute approximate surface area is 129 Å². The lowest BCUT2D eigenvalue weighted by molar-refractivity contribution is 0.00578. The highest BCUT2D eigenvalue weighted by Gasteiger charge is 2.52. The first-order chi connectivity index (χ1) is 12.8. The summed E-state index contributed by atoms with van der Waals surface area (Å²) in [5.41, 5.74) is -1.87. The first kappa shape index (κ1) is 6.14. The van der Waals surface area contributed by atoms with Crippen LogP contribution in [0.25, 0.3) is 0 Å². The number of hydrogen-bond acceptors (Lipinski definition) is 4. The standard InChI is InChI=1S/C14H22BNO3/c1-6-10-17-12-9-7-8-11(16-12)15-18-13(2,3)14(4,5)19-15/h7-9H,6,10H2,1-5H3/i1D3,6D2,7D,8D,9D,10D2. The van der Waals surface area contributed by atoms with Gasteiger partial charge in [0.25, 0.3) is 0 Å². The summed E-state index contributed by atoms with van der Waals surface area (Å²) < 4.78 is 92.7. The van der Waals surface area contributed by atoms with Crippen molar-refractivity contribution < 1.29 is 27.8 Å². The van der Waals surface area contributed by atoms with Crippen molar-refractivity contribution in [2.24, 2.45) is 0 Å². The van der Waals surface area contributed by atoms with Gasteiger partial charge >= 0.3 is 7.12 Å². The van der Waals surface area contributed by atoms with Crippen LogP contribution in [0.3, 0.4) is 0 Å². The highest BCUT2D eigenvalue weighted by Crippen LogP contribution is 2.36. The fraction of sp³-hybridized carbons (Fsp3) is 0.643. The topological polar surface area (TPSA) is 40.6 Å². The molecule has 0 amide bonds. The maximum absolute atomic E-state index is 8.07. The van der Waals surface area contributed by atoms with Crippen molar-refractivity contribution in [3.8, 4) is 5.88 Å². The second-order valence-corrected chi connectivity index (χ2v) is 5.09. The highest BCUT2D eigenvalue weighted by atomic mass is 16.7. The summed E-state index contributed by atoms with van der Waals surface area (Å²) in [7, 11) is -1.22. The van der Waals surface area contributed by atoms with Gasteiger partial charge in [0.1, 0.15) is 0 Å². The molecule has 1 aliphatic rings. The van der Waals surface area contributed by atoms with Gasteiger partial charge in [-0.2, -0.15) is 0 Å². The summed E-state index contributed by atoms with van der Waals surface area (Å²) in [6.07, 6.45) is -3.44. The van der Waals surface area contributed by atoms with Crippen LogP contribution in [0.2, 0.25) is 0 Å². The average molecular weight is 273 g/mol. The lowest BCUT2D eigenvalue weighted by Gasteiger charge is -2.32. The molecule has 104 valence electrons. The van der Waals surface area contributed by atoms with Crippen LogP contribution in [0.15, 0.2) is 18.1 Å². The molecule has 0 saturated carbocycles. The minimum atomic E-state index is -3.44. The Morgan fingerprint density at radius 1 is 1.37 bits per heavy atom. The van der Waals surface area contributed by atoms with E-state index in [1.165, 1.54) is 0 Å². The van der Waals surface area contributed by atoms with Gasteiger partial charge in [0.2, 0.25) is 5.88 Å². The third kappa shape index (κ3) is 2.93. The molecule has 0 radical (unpaired) electrons. The summed E-state index contributed by atoms with van der Waals surface area (Å²) in [6.45, 7) is 0.211. The second kappa shape index (κ2) is 5.14. The Bertz CT molecular complexity index is 796. The minimum Gasteiger partial charge on any atom is -0.478 e. The Morgan fingerprint density at radius 3 is 2.68 bits per heavy atom. The zero-order valence-electron chi connectivity index (χ0n) is 21.2. The van der Waals surface area contributed by atoms with Gasteiger partial charge in [0.05, 0.1) is 30.2 Å². The number of pyridine rings is 1. The number of ether oxygens (including phenoxy) is 1. The summed E-state index contributed by atoms with van der Waals surface area (Å²) >= 11 is 0. The van der Waals surface area contributed by atoms with Crippen LogP contribution in [0.4, 0.5) is 0 Å². The van der Waals surface area contributed by atoms with Crippen LogP contribution in [0.5, 0.6) is 5.88 Å². The van der Waals surface area contributed by atoms with Crippen LogP contribution in [0.1, 0.15) is 54.6 Å². The molecule has 1 aliphatic heterocycles. The molecule has 2 rings (SSSR count). The molecule has 0 N–H and O–H groups in total. The van der Waals surface area contributed by atoms with Gasteiger partial charge in [-0.05, 0) is 40.1 Å². The van der Waals surface area contributed by atoms with E-state index in [-0.39, 0.29) is 5.59 Å². The molecule has 5 heteroatoms. The molecule has 4 nitrogen and oxygen atoms in total. The van der Waals surface area contributed by atoms with E-state index >= 15 is 0 Å². The predicted octanol–water partition coefficient (Wildman–Crippen LogP) is 2.17. The maximum atomic E-state index is 8.07. The molecule has 1 aromatic heterocycles. The summed E-state index contributed by atoms with van der Waals surface area (Å²) in [6, 6.07) is -1.97. The molecular formula is C14H22BNO3. The third-order valence-electron chi connectivity index (χ3n) is 3.26. The average Bonchev–Trinajstić information content (AvgIpc) is 2.74. The molecule has 0 aliphatic carbocycles. The van der Waals surface area contributed by atoms with Crippen molar-refractivity contribution in [2.45, 2.75) is 52.1 Å². The van der Waals surface area contributed by atoms with Crippen molar-refractivity contribution in [1.29, 1.82) is 0 Å². The fourth-order valence-corrected chi connectivity index (χ4v) is 1.50. The van der Waals surface area contributed by atoms with E-state index in [2.05, 4.69) is 4.98 Å². The smallest absolute Gasteiger partial charge is 0.478 e. The first-order valence-electron chi connectivity index (χ1n) is 10.8. The molecule has 1 fully saturated rings. The van der Waals surface area contributed by atoms with Gasteiger partial charge in [-0.3, -0.25) is 0 Å². The van der Waals surface area contributed by atoms with Crippen molar-refractivity contribution in [3.63, 3.8) is 0 Å². The fourth-order valence-electron chi connectivity index (χ4n) is 1.50. The lowest BCUT2D eigenvalue weighted by Crippen LogP contribution is -2.41. The van der Waals surface area contributed by atoms with Crippen LogP contribution in [-0.4, -0.2) is 29.9 Å². The third-order valence-corrected chi connectivity index (χ3v) is 3.26. The van der Waals surface area contributed by atoms with Gasteiger partial charge < -0.3 is 14.0 Å². The Morgan fingerprint density at radius 2 is 2.05 bits per heavy atom. The van der Waals surface area contributed by atoms with E-state index in [1.54, 1.807) is 27.7 Å². The van der Waals surface area contributed by atoms with Gasteiger partial charge in [0, 0.05) is 12.9 Å². The van der Waals surface area contributed by atoms with E-state index in [0.29, 0.717) is 0 Å². The lowest BCUT2D eigenvalue weighted by atomic mass is 9.84. The van der Waals surface area contributed by atoms with Gasteiger partial charge in [0.15, 0.2) is 0 Å². The van der Waals surface area contributed by atoms with Crippen molar-refractivity contribution >= 4 is 12.7 Å². The van der Waals surface area contributed by atoms with Crippen LogP contribution in [-0.2, 0) is 9.31 Å². The number of rotatable bonds is 4. The van der Waals surface area contributed by atoms with E-state index < -0.39 is 62.1 Å². The van der Waals surface area contributed by atoms with Gasteiger partial charge in [-0.25, -0.2) is 4.98 Å². The molecule has 0 atom stereocenters. The number of aromatic nitrogens is 1.